The van der Waals surface area contributed by atoms with Crippen LogP contribution in [0.1, 0.15) is 51.3 Å². The molecule has 0 saturated heterocycles. The maximum Gasteiger partial charge on any atom is 0.268 e. The van der Waals surface area contributed by atoms with Crippen LogP contribution in [-0.4, -0.2) is 18.9 Å². The molecule has 1 aromatic heterocycles. The molecule has 0 spiro atoms. The van der Waals surface area contributed by atoms with Crippen LogP contribution in [-0.2, 0) is 4.79 Å². The predicted molar refractivity (Wildman–Crippen MR) is 130 cm³/mol. The van der Waals surface area contributed by atoms with Gasteiger partial charge in [0.2, 0.25) is 0 Å². The number of methoxy groups -OCH3 is 1. The number of benzene rings is 2. The number of carbonyl (C=O) groups excluding carboxylic acids is 2. The molecule has 3 rings (SSSR count). The van der Waals surface area contributed by atoms with Crippen LogP contribution in [0.2, 0.25) is 0 Å². The summed E-state index contributed by atoms with van der Waals surface area (Å²) in [5.41, 5.74) is 4.03. The van der Waals surface area contributed by atoms with Gasteiger partial charge < -0.3 is 15.4 Å². The summed E-state index contributed by atoms with van der Waals surface area (Å²) >= 11 is 1.50. The molecule has 2 amide bonds. The molecule has 0 aliphatic rings. The molecule has 0 unspecified atom stereocenters. The van der Waals surface area contributed by atoms with Gasteiger partial charge >= 0.3 is 0 Å². The molecule has 1 atom stereocenters. The summed E-state index contributed by atoms with van der Waals surface area (Å²) in [6.07, 6.45) is 2.44. The molecule has 6 heteroatoms. The van der Waals surface area contributed by atoms with Crippen molar-refractivity contribution >= 4 is 29.2 Å². The summed E-state index contributed by atoms with van der Waals surface area (Å²) in [6.45, 7) is 6.13. The van der Waals surface area contributed by atoms with Gasteiger partial charge in [0.1, 0.15) is 11.4 Å². The van der Waals surface area contributed by atoms with Crippen LogP contribution in [0.15, 0.2) is 65.7 Å². The Kier molecular flexibility index (Phi) is 7.84. The van der Waals surface area contributed by atoms with E-state index < -0.39 is 0 Å². The van der Waals surface area contributed by atoms with Crippen molar-refractivity contribution < 1.29 is 14.3 Å². The molecule has 166 valence electrons. The molecule has 32 heavy (non-hydrogen) atoms. The van der Waals surface area contributed by atoms with Crippen LogP contribution < -0.4 is 15.4 Å². The second-order valence-corrected chi connectivity index (χ2v) is 8.53. The van der Waals surface area contributed by atoms with E-state index in [0.29, 0.717) is 11.3 Å². The van der Waals surface area contributed by atoms with Crippen molar-refractivity contribution in [3.63, 3.8) is 0 Å². The van der Waals surface area contributed by atoms with E-state index in [0.717, 1.165) is 22.4 Å². The van der Waals surface area contributed by atoms with Crippen LogP contribution in [0.3, 0.4) is 0 Å². The lowest BCUT2D eigenvalue weighted by Crippen LogP contribution is -2.37. The van der Waals surface area contributed by atoms with E-state index in [2.05, 4.69) is 22.8 Å². The van der Waals surface area contributed by atoms with E-state index in [9.17, 15) is 9.59 Å². The van der Waals surface area contributed by atoms with E-state index in [1.54, 1.807) is 37.5 Å². The van der Waals surface area contributed by atoms with Gasteiger partial charge in [0.05, 0.1) is 13.2 Å². The Morgan fingerprint density at radius 3 is 2.44 bits per heavy atom. The van der Waals surface area contributed by atoms with Crippen LogP contribution in [0.25, 0.3) is 6.08 Å². The molecule has 0 radical (unpaired) electrons. The van der Waals surface area contributed by atoms with E-state index in [1.807, 2.05) is 44.4 Å². The smallest absolute Gasteiger partial charge is 0.268 e. The summed E-state index contributed by atoms with van der Waals surface area (Å²) in [5, 5.41) is 7.81. The molecule has 5 nitrogen and oxygen atoms in total. The van der Waals surface area contributed by atoms with Gasteiger partial charge in [-0.2, -0.15) is 0 Å². The first-order valence-electron chi connectivity index (χ1n) is 10.5. The van der Waals surface area contributed by atoms with Crippen LogP contribution in [0.4, 0.5) is 0 Å². The third kappa shape index (κ3) is 5.86. The van der Waals surface area contributed by atoms with Crippen molar-refractivity contribution in [1.29, 1.82) is 0 Å². The van der Waals surface area contributed by atoms with Crippen LogP contribution >= 0.6 is 11.3 Å². The summed E-state index contributed by atoms with van der Waals surface area (Å²) in [5.74, 6) is -0.0230. The van der Waals surface area contributed by atoms with Gasteiger partial charge in [-0.15, -0.1) is 11.3 Å². The Labute approximate surface area is 193 Å². The minimum Gasteiger partial charge on any atom is -0.497 e. The Balaban J connectivity index is 1.84. The standard InChI is InChI=1S/C26H28N2O3S/c1-5-23(22-13-8-17(2)15-18(22)3)27-26(30)24(16-21-7-6-14-32-21)28-25(29)19-9-11-20(31-4)12-10-19/h6-16,23H,5H2,1-4H3,(H,27,30)(H,28,29)/b24-16-/t23-/m0/s1. The van der Waals surface area contributed by atoms with Gasteiger partial charge in [-0.25, -0.2) is 0 Å². The summed E-state index contributed by atoms with van der Waals surface area (Å²) in [6, 6.07) is 16.6. The monoisotopic (exact) mass is 448 g/mol. The van der Waals surface area contributed by atoms with Crippen molar-refractivity contribution in [3.05, 3.63) is 92.8 Å². The summed E-state index contributed by atoms with van der Waals surface area (Å²) < 4.78 is 5.15. The third-order valence-corrected chi connectivity index (χ3v) is 6.01. The second-order valence-electron chi connectivity index (χ2n) is 7.55. The summed E-state index contributed by atoms with van der Waals surface area (Å²) in [7, 11) is 1.57. The molecule has 2 N–H and O–H groups in total. The zero-order valence-corrected chi connectivity index (χ0v) is 19.6. The molecule has 0 saturated carbocycles. The third-order valence-electron chi connectivity index (χ3n) is 5.19. The van der Waals surface area contributed by atoms with Crippen LogP contribution in [0, 0.1) is 13.8 Å². The average molecular weight is 449 g/mol. The van der Waals surface area contributed by atoms with Crippen molar-refractivity contribution in [2.45, 2.75) is 33.2 Å². The number of hydrogen-bond donors (Lipinski definition) is 2. The normalized spacial score (nSPS) is 12.2. The van der Waals surface area contributed by atoms with E-state index in [4.69, 9.17) is 4.74 Å². The van der Waals surface area contributed by atoms with Gasteiger partial charge in [-0.1, -0.05) is 36.8 Å². The largest absolute Gasteiger partial charge is 0.497 e. The highest BCUT2D eigenvalue weighted by Crippen LogP contribution is 2.22. The lowest BCUT2D eigenvalue weighted by Gasteiger charge is -2.21. The van der Waals surface area contributed by atoms with Gasteiger partial charge in [0, 0.05) is 10.4 Å². The van der Waals surface area contributed by atoms with Gasteiger partial charge in [-0.05, 0) is 73.2 Å². The van der Waals surface area contributed by atoms with E-state index in [1.165, 1.54) is 16.9 Å². The highest BCUT2D eigenvalue weighted by atomic mass is 32.1. The Morgan fingerprint density at radius 1 is 1.09 bits per heavy atom. The lowest BCUT2D eigenvalue weighted by molar-refractivity contribution is -0.118. The maximum absolute atomic E-state index is 13.2. The number of amides is 2. The number of ether oxygens (including phenoxy) is 1. The highest BCUT2D eigenvalue weighted by Gasteiger charge is 2.20. The first-order chi connectivity index (χ1) is 15.4. The number of hydrogen-bond acceptors (Lipinski definition) is 4. The Hall–Kier alpha value is -3.38. The number of rotatable bonds is 8. The lowest BCUT2D eigenvalue weighted by atomic mass is 9.97. The molecule has 0 aliphatic heterocycles. The molecular formula is C26H28N2O3S. The highest BCUT2D eigenvalue weighted by molar-refractivity contribution is 7.10. The molecule has 0 fully saturated rings. The molecule has 2 aromatic carbocycles. The molecule has 0 aliphatic carbocycles. The topological polar surface area (TPSA) is 67.4 Å². The zero-order valence-electron chi connectivity index (χ0n) is 18.8. The van der Waals surface area contributed by atoms with Crippen molar-refractivity contribution in [2.75, 3.05) is 7.11 Å². The fourth-order valence-electron chi connectivity index (χ4n) is 3.46. The average Bonchev–Trinajstić information content (AvgIpc) is 3.30. The number of nitrogens with one attached hydrogen (secondary N) is 2. The molecule has 3 aromatic rings. The van der Waals surface area contributed by atoms with E-state index in [-0.39, 0.29) is 23.6 Å². The minimum atomic E-state index is -0.356. The van der Waals surface area contributed by atoms with Gasteiger partial charge in [0.25, 0.3) is 11.8 Å². The number of carbonyl (C=O) groups is 2. The number of aryl methyl sites for hydroxylation is 2. The second kappa shape index (κ2) is 10.8. The van der Waals surface area contributed by atoms with Crippen molar-refractivity contribution in [1.82, 2.24) is 10.6 Å². The maximum atomic E-state index is 13.2. The van der Waals surface area contributed by atoms with Crippen molar-refractivity contribution in [2.24, 2.45) is 0 Å². The van der Waals surface area contributed by atoms with Gasteiger partial charge in [-0.3, -0.25) is 9.59 Å². The zero-order chi connectivity index (χ0) is 23.1. The quantitative estimate of drug-likeness (QED) is 0.453. The number of thiophene rings is 1. The first-order valence-corrected chi connectivity index (χ1v) is 11.4. The SMILES string of the molecule is CC[C@H](NC(=O)/C(=C/c1cccs1)NC(=O)c1ccc(OC)cc1)c1ccc(C)cc1C. The first kappa shape index (κ1) is 23.3. The van der Waals surface area contributed by atoms with Crippen LogP contribution in [0.5, 0.6) is 5.75 Å². The molecular weight excluding hydrogens is 420 g/mol. The minimum absolute atomic E-state index is 0.160. The predicted octanol–water partition coefficient (Wildman–Crippen LogP) is 5.41. The fourth-order valence-corrected chi connectivity index (χ4v) is 4.12. The van der Waals surface area contributed by atoms with Crippen molar-refractivity contribution in [3.8, 4) is 5.75 Å². The Bertz CT molecular complexity index is 1100. The Morgan fingerprint density at radius 2 is 1.84 bits per heavy atom. The fraction of sp³-hybridized carbons (Fsp3) is 0.231. The van der Waals surface area contributed by atoms with E-state index >= 15 is 0 Å². The van der Waals surface area contributed by atoms with Gasteiger partial charge in [0.15, 0.2) is 0 Å². The molecule has 1 heterocycles. The summed E-state index contributed by atoms with van der Waals surface area (Å²) in [4.78, 5) is 27.0. The molecule has 0 bridgehead atoms.